The van der Waals surface area contributed by atoms with Gasteiger partial charge in [0.25, 0.3) is 15.6 Å². The lowest BCUT2D eigenvalue weighted by atomic mass is 10.2. The SMILES string of the molecule is COc1cc(-n2c(C)nc3ccccc3c2=O)ccc1NS(=O)(=O)c1ccc(Oc2ccccc2)cc1. The second-order valence-electron chi connectivity index (χ2n) is 8.19. The van der Waals surface area contributed by atoms with E-state index in [1.54, 1.807) is 55.5 Å². The van der Waals surface area contributed by atoms with Crippen LogP contribution >= 0.6 is 0 Å². The first-order valence-electron chi connectivity index (χ1n) is 11.4. The Kier molecular flexibility index (Phi) is 6.37. The number of nitrogens with one attached hydrogen (secondary N) is 1. The van der Waals surface area contributed by atoms with Crippen LogP contribution < -0.4 is 19.8 Å². The maximum atomic E-state index is 13.2. The lowest BCUT2D eigenvalue weighted by molar-refractivity contribution is 0.416. The number of sulfonamides is 1. The highest BCUT2D eigenvalue weighted by atomic mass is 32.2. The highest BCUT2D eigenvalue weighted by Crippen LogP contribution is 2.30. The predicted molar refractivity (Wildman–Crippen MR) is 142 cm³/mol. The maximum Gasteiger partial charge on any atom is 0.265 e. The van der Waals surface area contributed by atoms with E-state index in [9.17, 15) is 13.2 Å². The van der Waals surface area contributed by atoms with Gasteiger partial charge in [-0.15, -0.1) is 0 Å². The molecular weight excluding hydrogens is 490 g/mol. The van der Waals surface area contributed by atoms with Crippen LogP contribution in [0.15, 0.2) is 107 Å². The van der Waals surface area contributed by atoms with Gasteiger partial charge in [0.05, 0.1) is 34.3 Å². The largest absolute Gasteiger partial charge is 0.494 e. The molecule has 1 N–H and O–H groups in total. The summed E-state index contributed by atoms with van der Waals surface area (Å²) < 4.78 is 41.4. The predicted octanol–water partition coefficient (Wildman–Crippen LogP) is 5.30. The molecule has 1 aromatic heterocycles. The molecule has 0 atom stereocenters. The summed E-state index contributed by atoms with van der Waals surface area (Å²) in [5.74, 6) is 1.91. The average Bonchev–Trinajstić information content (AvgIpc) is 2.90. The molecule has 0 amide bonds. The molecule has 4 aromatic carbocycles. The quantitative estimate of drug-likeness (QED) is 0.317. The Morgan fingerprint density at radius 1 is 0.838 bits per heavy atom. The minimum absolute atomic E-state index is 0.0600. The van der Waals surface area contributed by atoms with E-state index in [0.29, 0.717) is 33.9 Å². The van der Waals surface area contributed by atoms with Crippen LogP contribution in [0, 0.1) is 6.92 Å². The van der Waals surface area contributed by atoms with Crippen LogP contribution in [0.3, 0.4) is 0 Å². The number of ether oxygens (including phenoxy) is 2. The van der Waals surface area contributed by atoms with Gasteiger partial charge in [0.2, 0.25) is 0 Å². The normalized spacial score (nSPS) is 11.3. The van der Waals surface area contributed by atoms with E-state index in [1.165, 1.54) is 23.8 Å². The van der Waals surface area contributed by atoms with Crippen LogP contribution in [-0.4, -0.2) is 25.1 Å². The van der Waals surface area contributed by atoms with Gasteiger partial charge in [-0.3, -0.25) is 14.1 Å². The number of fused-ring (bicyclic) bond motifs is 1. The molecule has 5 rings (SSSR count). The van der Waals surface area contributed by atoms with Crippen molar-refractivity contribution in [1.29, 1.82) is 0 Å². The van der Waals surface area contributed by atoms with E-state index in [1.807, 2.05) is 36.4 Å². The third-order valence-corrected chi connectivity index (χ3v) is 7.13. The number of para-hydroxylation sites is 2. The van der Waals surface area contributed by atoms with Gasteiger partial charge in [-0.25, -0.2) is 13.4 Å². The van der Waals surface area contributed by atoms with E-state index in [4.69, 9.17) is 9.47 Å². The lowest BCUT2D eigenvalue weighted by Crippen LogP contribution is -2.22. The molecule has 8 nitrogen and oxygen atoms in total. The van der Waals surface area contributed by atoms with E-state index >= 15 is 0 Å². The lowest BCUT2D eigenvalue weighted by Gasteiger charge is -2.16. The summed E-state index contributed by atoms with van der Waals surface area (Å²) in [5, 5.41) is 0.483. The Morgan fingerprint density at radius 3 is 2.24 bits per heavy atom. The number of methoxy groups -OCH3 is 1. The number of aromatic nitrogens is 2. The first kappa shape index (κ1) is 24.1. The molecule has 0 aliphatic carbocycles. The van der Waals surface area contributed by atoms with Crippen molar-refractivity contribution in [2.75, 3.05) is 11.8 Å². The van der Waals surface area contributed by atoms with Crippen LogP contribution in [0.25, 0.3) is 16.6 Å². The maximum absolute atomic E-state index is 13.2. The van der Waals surface area contributed by atoms with Crippen molar-refractivity contribution in [2.24, 2.45) is 0 Å². The van der Waals surface area contributed by atoms with Crippen molar-refractivity contribution >= 4 is 26.6 Å². The Morgan fingerprint density at radius 2 is 1.51 bits per heavy atom. The molecular formula is C28H23N3O5S. The van der Waals surface area contributed by atoms with Crippen molar-refractivity contribution in [2.45, 2.75) is 11.8 Å². The molecule has 0 spiro atoms. The molecule has 1 heterocycles. The van der Waals surface area contributed by atoms with Crippen LogP contribution in [0.2, 0.25) is 0 Å². The van der Waals surface area contributed by atoms with Gasteiger partial charge in [-0.2, -0.15) is 0 Å². The van der Waals surface area contributed by atoms with Crippen molar-refractivity contribution in [3.8, 4) is 22.9 Å². The second kappa shape index (κ2) is 9.79. The summed E-state index contributed by atoms with van der Waals surface area (Å²) in [4.78, 5) is 17.7. The minimum atomic E-state index is -3.92. The van der Waals surface area contributed by atoms with Gasteiger partial charge < -0.3 is 9.47 Å². The van der Waals surface area contributed by atoms with Gasteiger partial charge in [0.15, 0.2) is 0 Å². The number of benzene rings is 4. The number of rotatable bonds is 7. The van der Waals surface area contributed by atoms with Gasteiger partial charge in [-0.1, -0.05) is 30.3 Å². The van der Waals surface area contributed by atoms with E-state index in [-0.39, 0.29) is 21.9 Å². The molecule has 0 unspecified atom stereocenters. The minimum Gasteiger partial charge on any atom is -0.494 e. The van der Waals surface area contributed by atoms with Crippen molar-refractivity contribution in [3.05, 3.63) is 113 Å². The fraction of sp³-hybridized carbons (Fsp3) is 0.0714. The molecule has 0 bridgehead atoms. The van der Waals surface area contributed by atoms with Crippen molar-refractivity contribution in [3.63, 3.8) is 0 Å². The zero-order chi connectivity index (χ0) is 26.0. The number of aryl methyl sites for hydroxylation is 1. The smallest absolute Gasteiger partial charge is 0.265 e. The molecule has 0 saturated carbocycles. The van der Waals surface area contributed by atoms with Gasteiger partial charge in [-0.05, 0) is 67.6 Å². The average molecular weight is 514 g/mol. The number of hydrogen-bond donors (Lipinski definition) is 1. The number of hydrogen-bond acceptors (Lipinski definition) is 6. The standard InChI is InChI=1S/C28H23N3O5S/c1-19-29-25-11-7-6-10-24(25)28(32)31(19)20-12-17-26(27(18-20)35-2)30-37(33,34)23-15-13-22(14-16-23)36-21-8-4-3-5-9-21/h3-18,30H,1-2H3. The summed E-state index contributed by atoms with van der Waals surface area (Å²) in [6.45, 7) is 1.74. The summed E-state index contributed by atoms with van der Waals surface area (Å²) in [7, 11) is -2.49. The molecule has 5 aromatic rings. The molecule has 0 saturated heterocycles. The first-order valence-corrected chi connectivity index (χ1v) is 12.9. The molecule has 0 fully saturated rings. The Bertz CT molecular complexity index is 1750. The number of anilines is 1. The van der Waals surface area contributed by atoms with E-state index in [2.05, 4.69) is 9.71 Å². The Labute approximate surface area is 213 Å². The third kappa shape index (κ3) is 4.89. The topological polar surface area (TPSA) is 99.5 Å². The van der Waals surface area contributed by atoms with Crippen LogP contribution in [0.4, 0.5) is 5.69 Å². The second-order valence-corrected chi connectivity index (χ2v) is 9.88. The number of nitrogens with zero attached hydrogens (tertiary/aromatic N) is 2. The molecule has 186 valence electrons. The van der Waals surface area contributed by atoms with Gasteiger partial charge in [0.1, 0.15) is 23.1 Å². The molecule has 9 heteroatoms. The molecule has 0 aliphatic rings. The summed E-state index contributed by atoms with van der Waals surface area (Å²) >= 11 is 0. The Hall–Kier alpha value is -4.63. The van der Waals surface area contributed by atoms with Gasteiger partial charge >= 0.3 is 0 Å². The van der Waals surface area contributed by atoms with Crippen molar-refractivity contribution < 1.29 is 17.9 Å². The fourth-order valence-corrected chi connectivity index (χ4v) is 5.04. The third-order valence-electron chi connectivity index (χ3n) is 5.74. The molecule has 37 heavy (non-hydrogen) atoms. The summed E-state index contributed by atoms with van der Waals surface area (Å²) in [6.07, 6.45) is 0. The fourth-order valence-electron chi connectivity index (χ4n) is 3.97. The van der Waals surface area contributed by atoms with Crippen LogP contribution in [0.1, 0.15) is 5.82 Å². The van der Waals surface area contributed by atoms with Crippen LogP contribution in [-0.2, 0) is 10.0 Å². The molecule has 0 radical (unpaired) electrons. The van der Waals surface area contributed by atoms with E-state index in [0.717, 1.165) is 0 Å². The molecule has 0 aliphatic heterocycles. The highest BCUT2D eigenvalue weighted by molar-refractivity contribution is 7.92. The van der Waals surface area contributed by atoms with E-state index < -0.39 is 10.0 Å². The highest BCUT2D eigenvalue weighted by Gasteiger charge is 2.18. The summed E-state index contributed by atoms with van der Waals surface area (Å²) in [5.41, 5.74) is 1.12. The zero-order valence-electron chi connectivity index (χ0n) is 20.1. The summed E-state index contributed by atoms with van der Waals surface area (Å²) in [6, 6.07) is 27.2. The van der Waals surface area contributed by atoms with Crippen LogP contribution in [0.5, 0.6) is 17.2 Å². The van der Waals surface area contributed by atoms with Gasteiger partial charge in [0, 0.05) is 6.07 Å². The Balaban J connectivity index is 1.43. The monoisotopic (exact) mass is 513 g/mol. The van der Waals surface area contributed by atoms with Crippen molar-refractivity contribution in [1.82, 2.24) is 9.55 Å². The first-order chi connectivity index (χ1) is 17.9. The zero-order valence-corrected chi connectivity index (χ0v) is 20.9.